The molecule has 0 amide bonds. The van der Waals surface area contributed by atoms with Crippen molar-refractivity contribution in [1.29, 1.82) is 0 Å². The van der Waals surface area contributed by atoms with Crippen LogP contribution in [0.15, 0.2) is 55.0 Å². The second-order valence-corrected chi connectivity index (χ2v) is 10.9. The van der Waals surface area contributed by atoms with Crippen molar-refractivity contribution in [2.75, 3.05) is 14.2 Å². The molecule has 0 bridgehead atoms. The SMILES string of the molecule is COc1cc2ncn(-c3ccc(C(=O)CC4(C)CCc5nn6cc(C)ccc6c5C4)c(Cl)c3)c2cc1OC. The molecule has 1 aliphatic carbocycles. The maximum atomic E-state index is 13.5. The van der Waals surface area contributed by atoms with Gasteiger partial charge in [-0.1, -0.05) is 24.6 Å². The second kappa shape index (κ2) is 9.17. The maximum absolute atomic E-state index is 13.5. The van der Waals surface area contributed by atoms with Crippen molar-refractivity contribution in [2.45, 2.75) is 39.5 Å². The summed E-state index contributed by atoms with van der Waals surface area (Å²) in [7, 11) is 3.20. The van der Waals surface area contributed by atoms with Crippen LogP contribution >= 0.6 is 11.6 Å². The zero-order chi connectivity index (χ0) is 26.6. The highest BCUT2D eigenvalue weighted by Gasteiger charge is 2.35. The number of halogens is 1. The third-order valence-electron chi connectivity index (χ3n) is 7.70. The Bertz CT molecular complexity index is 1720. The van der Waals surface area contributed by atoms with Gasteiger partial charge >= 0.3 is 0 Å². The van der Waals surface area contributed by atoms with Crippen LogP contribution in [0.3, 0.4) is 0 Å². The zero-order valence-corrected chi connectivity index (χ0v) is 22.7. The summed E-state index contributed by atoms with van der Waals surface area (Å²) in [5.74, 6) is 1.29. The van der Waals surface area contributed by atoms with E-state index in [4.69, 9.17) is 26.2 Å². The summed E-state index contributed by atoms with van der Waals surface area (Å²) in [6.45, 7) is 4.27. The normalized spacial score (nSPS) is 17.1. The zero-order valence-electron chi connectivity index (χ0n) is 21.9. The van der Waals surface area contributed by atoms with Crippen LogP contribution in [0, 0.1) is 12.3 Å². The fourth-order valence-corrected chi connectivity index (χ4v) is 5.92. The van der Waals surface area contributed by atoms with Crippen LogP contribution in [-0.2, 0) is 12.8 Å². The number of ketones is 1. The van der Waals surface area contributed by atoms with Gasteiger partial charge in [0.2, 0.25) is 0 Å². The molecule has 0 saturated carbocycles. The number of carbonyl (C=O) groups excluding carboxylic acids is 1. The Labute approximate surface area is 226 Å². The van der Waals surface area contributed by atoms with Crippen molar-refractivity contribution < 1.29 is 14.3 Å². The number of rotatable bonds is 6. The number of pyridine rings is 1. The van der Waals surface area contributed by atoms with E-state index in [1.165, 1.54) is 11.1 Å². The largest absolute Gasteiger partial charge is 0.493 e. The van der Waals surface area contributed by atoms with Crippen LogP contribution in [0.25, 0.3) is 22.2 Å². The Hall–Kier alpha value is -3.84. The molecule has 0 spiro atoms. The first kappa shape index (κ1) is 24.5. The standard InChI is InChI=1S/C30H29ClN4O3/c1-18-5-8-25-21-14-30(2,10-9-23(21)33-35(25)16-18)15-27(36)20-7-6-19(11-22(20)31)34-17-32-24-12-28(37-3)29(38-4)13-26(24)34/h5-8,11-13,16-17H,9-10,14-15H2,1-4H3. The van der Waals surface area contributed by atoms with Crippen molar-refractivity contribution in [2.24, 2.45) is 5.41 Å². The minimum atomic E-state index is -0.156. The minimum absolute atomic E-state index is 0.0571. The van der Waals surface area contributed by atoms with E-state index in [2.05, 4.69) is 37.2 Å². The van der Waals surface area contributed by atoms with Crippen molar-refractivity contribution in [1.82, 2.24) is 19.2 Å². The van der Waals surface area contributed by atoms with Crippen LogP contribution in [0.1, 0.15) is 46.9 Å². The Balaban J connectivity index is 1.26. The molecular formula is C30H29ClN4O3. The van der Waals surface area contributed by atoms with Crippen LogP contribution in [-0.4, -0.2) is 39.2 Å². The fourth-order valence-electron chi connectivity index (χ4n) is 5.64. The van der Waals surface area contributed by atoms with Gasteiger partial charge in [0.15, 0.2) is 17.3 Å². The number of aryl methyl sites for hydroxylation is 2. The number of fused-ring (bicyclic) bond motifs is 4. The van der Waals surface area contributed by atoms with E-state index in [0.717, 1.165) is 47.2 Å². The highest BCUT2D eigenvalue weighted by atomic mass is 35.5. The topological polar surface area (TPSA) is 70.7 Å². The number of ether oxygens (including phenoxy) is 2. The van der Waals surface area contributed by atoms with Gasteiger partial charge in [-0.3, -0.25) is 9.36 Å². The highest BCUT2D eigenvalue weighted by Crippen LogP contribution is 2.41. The van der Waals surface area contributed by atoms with Gasteiger partial charge in [-0.15, -0.1) is 0 Å². The predicted molar refractivity (Wildman–Crippen MR) is 148 cm³/mol. The van der Waals surface area contributed by atoms with Gasteiger partial charge in [-0.2, -0.15) is 5.10 Å². The van der Waals surface area contributed by atoms with E-state index in [-0.39, 0.29) is 11.2 Å². The molecule has 0 fully saturated rings. The Morgan fingerprint density at radius 1 is 1.08 bits per heavy atom. The Morgan fingerprint density at radius 2 is 1.87 bits per heavy atom. The first-order valence-corrected chi connectivity index (χ1v) is 13.1. The minimum Gasteiger partial charge on any atom is -0.493 e. The molecule has 6 rings (SSSR count). The van der Waals surface area contributed by atoms with Crippen molar-refractivity contribution in [3.63, 3.8) is 0 Å². The van der Waals surface area contributed by atoms with Gasteiger partial charge in [-0.25, -0.2) is 9.50 Å². The molecule has 2 aromatic carbocycles. The van der Waals surface area contributed by atoms with E-state index < -0.39 is 0 Å². The number of benzene rings is 2. The molecule has 0 N–H and O–H groups in total. The molecule has 0 aliphatic heterocycles. The third-order valence-corrected chi connectivity index (χ3v) is 8.02. The van der Waals surface area contributed by atoms with Gasteiger partial charge in [-0.05, 0) is 61.4 Å². The molecule has 194 valence electrons. The molecule has 38 heavy (non-hydrogen) atoms. The Morgan fingerprint density at radius 3 is 2.63 bits per heavy atom. The average Bonchev–Trinajstić information content (AvgIpc) is 3.47. The number of nitrogens with zero attached hydrogens (tertiary/aromatic N) is 4. The molecule has 0 radical (unpaired) electrons. The molecule has 3 heterocycles. The van der Waals surface area contributed by atoms with E-state index >= 15 is 0 Å². The van der Waals surface area contributed by atoms with E-state index in [9.17, 15) is 4.79 Å². The lowest BCUT2D eigenvalue weighted by molar-refractivity contribution is 0.0909. The lowest BCUT2D eigenvalue weighted by atomic mass is 9.71. The highest BCUT2D eigenvalue weighted by molar-refractivity contribution is 6.34. The summed E-state index contributed by atoms with van der Waals surface area (Å²) in [6.07, 6.45) is 6.83. The van der Waals surface area contributed by atoms with E-state index in [1.54, 1.807) is 20.5 Å². The summed E-state index contributed by atoms with van der Waals surface area (Å²) in [6, 6.07) is 13.5. The number of Topliss-reactive ketones (excluding diaryl/α,β-unsaturated/α-hetero) is 1. The summed E-state index contributed by atoms with van der Waals surface area (Å²) in [5.41, 5.74) is 7.54. The summed E-state index contributed by atoms with van der Waals surface area (Å²) >= 11 is 6.71. The first-order valence-electron chi connectivity index (χ1n) is 12.7. The van der Waals surface area contributed by atoms with Gasteiger partial charge in [0.05, 0.1) is 41.5 Å². The van der Waals surface area contributed by atoms with E-state index in [0.29, 0.717) is 28.5 Å². The monoisotopic (exact) mass is 528 g/mol. The molecule has 1 aliphatic rings. The van der Waals surface area contributed by atoms with E-state index in [1.807, 2.05) is 39.4 Å². The van der Waals surface area contributed by atoms with Crippen LogP contribution < -0.4 is 9.47 Å². The van der Waals surface area contributed by atoms with Gasteiger partial charge in [0.25, 0.3) is 0 Å². The smallest absolute Gasteiger partial charge is 0.164 e. The molecule has 1 atom stereocenters. The molecular weight excluding hydrogens is 500 g/mol. The number of hydrogen-bond acceptors (Lipinski definition) is 5. The van der Waals surface area contributed by atoms with Crippen molar-refractivity contribution >= 4 is 33.9 Å². The summed E-state index contributed by atoms with van der Waals surface area (Å²) in [4.78, 5) is 18.0. The number of aromatic nitrogens is 4. The molecule has 1 unspecified atom stereocenters. The quantitative estimate of drug-likeness (QED) is 0.238. The number of imidazole rings is 1. The van der Waals surface area contributed by atoms with Gasteiger partial charge in [0.1, 0.15) is 6.33 Å². The summed E-state index contributed by atoms with van der Waals surface area (Å²) < 4.78 is 14.8. The molecule has 3 aromatic heterocycles. The average molecular weight is 529 g/mol. The lowest BCUT2D eigenvalue weighted by Crippen LogP contribution is -2.28. The van der Waals surface area contributed by atoms with Crippen LogP contribution in [0.2, 0.25) is 5.02 Å². The van der Waals surface area contributed by atoms with Crippen molar-refractivity contribution in [3.05, 3.63) is 82.4 Å². The third kappa shape index (κ3) is 4.11. The first-order chi connectivity index (χ1) is 18.3. The van der Waals surface area contributed by atoms with Crippen molar-refractivity contribution in [3.8, 4) is 17.2 Å². The van der Waals surface area contributed by atoms with Gasteiger partial charge < -0.3 is 9.47 Å². The second-order valence-electron chi connectivity index (χ2n) is 10.5. The number of methoxy groups -OCH3 is 2. The molecule has 7 nitrogen and oxygen atoms in total. The molecule has 0 saturated heterocycles. The summed E-state index contributed by atoms with van der Waals surface area (Å²) in [5, 5.41) is 5.23. The van der Waals surface area contributed by atoms with Crippen LogP contribution in [0.5, 0.6) is 11.5 Å². The fraction of sp³-hybridized carbons (Fsp3) is 0.300. The lowest BCUT2D eigenvalue weighted by Gasteiger charge is -2.32. The molecule has 5 aromatic rings. The predicted octanol–water partition coefficient (Wildman–Crippen LogP) is 6.42. The molecule has 8 heteroatoms. The Kier molecular flexibility index (Phi) is 5.91. The number of hydrogen-bond donors (Lipinski definition) is 0. The number of carbonyl (C=O) groups is 1. The van der Waals surface area contributed by atoms with Crippen LogP contribution in [0.4, 0.5) is 0 Å². The maximum Gasteiger partial charge on any atom is 0.164 e. The van der Waals surface area contributed by atoms with Gasteiger partial charge in [0, 0.05) is 41.6 Å².